The summed E-state index contributed by atoms with van der Waals surface area (Å²) in [6.45, 7) is 0. The monoisotopic (exact) mass is 170 g/mol. The van der Waals surface area contributed by atoms with Crippen molar-refractivity contribution in [2.45, 2.75) is 6.42 Å². The molecular weight excluding hydrogens is 160 g/mol. The van der Waals surface area contributed by atoms with E-state index in [0.29, 0.717) is 6.42 Å². The number of aromatic nitrogens is 2. The first kappa shape index (κ1) is 7.88. The Kier molecular flexibility index (Phi) is 1.79. The minimum Gasteiger partial charge on any atom is -0.335 e. The van der Waals surface area contributed by atoms with E-state index in [1.165, 1.54) is 5.56 Å². The molecule has 2 aromatic rings. The maximum Gasteiger partial charge on any atom is 0.139 e. The molecule has 0 fully saturated rings. The maximum atomic E-state index is 5.28. The molecule has 13 heavy (non-hydrogen) atoms. The van der Waals surface area contributed by atoms with Crippen molar-refractivity contribution in [1.29, 1.82) is 0 Å². The largest absolute Gasteiger partial charge is 0.335 e. The van der Waals surface area contributed by atoms with Gasteiger partial charge in [-0.1, -0.05) is 0 Å². The number of hydrogen-bond acceptors (Lipinski definition) is 1. The second-order valence-corrected chi connectivity index (χ2v) is 3.02. The smallest absolute Gasteiger partial charge is 0.139 e. The first-order valence-corrected chi connectivity index (χ1v) is 4.15. The molecule has 0 aliphatic rings. The molecule has 0 bridgehead atoms. The fourth-order valence-corrected chi connectivity index (χ4v) is 1.54. The number of pyridine rings is 1. The van der Waals surface area contributed by atoms with E-state index in [1.54, 1.807) is 6.20 Å². The van der Waals surface area contributed by atoms with Crippen LogP contribution in [0.4, 0.5) is 0 Å². The number of fused-ring (bicyclic) bond motifs is 1. The highest BCUT2D eigenvalue weighted by atomic mass is 15.0. The third-order valence-electron chi connectivity index (χ3n) is 2.11. The van der Waals surface area contributed by atoms with Gasteiger partial charge in [0.25, 0.3) is 0 Å². The molecule has 2 rings (SSSR count). The van der Waals surface area contributed by atoms with Gasteiger partial charge in [-0.3, -0.25) is 0 Å². The van der Waals surface area contributed by atoms with Crippen LogP contribution in [0.15, 0.2) is 24.5 Å². The summed E-state index contributed by atoms with van der Waals surface area (Å²) in [6.07, 6.45) is 9.78. The second kappa shape index (κ2) is 2.95. The summed E-state index contributed by atoms with van der Waals surface area (Å²) < 4.78 is 2.00. The summed E-state index contributed by atoms with van der Waals surface area (Å²) in [6, 6.07) is 3.98. The summed E-state index contributed by atoms with van der Waals surface area (Å²) in [5.74, 6) is 2.65. The van der Waals surface area contributed by atoms with Gasteiger partial charge < -0.3 is 4.57 Å². The zero-order valence-corrected chi connectivity index (χ0v) is 7.49. The minimum atomic E-state index is 0.670. The lowest BCUT2D eigenvalue weighted by molar-refractivity contribution is 0.942. The highest BCUT2D eigenvalue weighted by Crippen LogP contribution is 2.17. The number of rotatable bonds is 1. The zero-order chi connectivity index (χ0) is 9.26. The van der Waals surface area contributed by atoms with Gasteiger partial charge in [0, 0.05) is 31.2 Å². The predicted molar refractivity (Wildman–Crippen MR) is 53.3 cm³/mol. The Morgan fingerprint density at radius 1 is 1.62 bits per heavy atom. The molecule has 0 unspecified atom stereocenters. The van der Waals surface area contributed by atoms with E-state index in [1.807, 2.05) is 23.9 Å². The average molecular weight is 170 g/mol. The van der Waals surface area contributed by atoms with Gasteiger partial charge in [-0.25, -0.2) is 4.98 Å². The highest BCUT2D eigenvalue weighted by Gasteiger charge is 2.04. The normalized spacial score (nSPS) is 10.2. The van der Waals surface area contributed by atoms with Gasteiger partial charge in [0.15, 0.2) is 0 Å². The van der Waals surface area contributed by atoms with E-state index in [-0.39, 0.29) is 0 Å². The molecule has 0 aliphatic carbocycles. The fourth-order valence-electron chi connectivity index (χ4n) is 1.54. The molecule has 0 amide bonds. The van der Waals surface area contributed by atoms with Crippen molar-refractivity contribution in [2.24, 2.45) is 7.05 Å². The molecule has 0 N–H and O–H groups in total. The van der Waals surface area contributed by atoms with E-state index in [2.05, 4.69) is 17.0 Å². The number of aryl methyl sites for hydroxylation is 1. The van der Waals surface area contributed by atoms with E-state index in [9.17, 15) is 0 Å². The third kappa shape index (κ3) is 1.19. The van der Waals surface area contributed by atoms with Crippen molar-refractivity contribution in [3.05, 3.63) is 30.1 Å². The van der Waals surface area contributed by atoms with Crippen LogP contribution in [0.5, 0.6) is 0 Å². The lowest BCUT2D eigenvalue weighted by Crippen LogP contribution is -1.85. The fraction of sp³-hybridized carbons (Fsp3) is 0.182. The molecule has 0 spiro atoms. The van der Waals surface area contributed by atoms with Gasteiger partial charge in [-0.15, -0.1) is 12.3 Å². The van der Waals surface area contributed by atoms with Crippen molar-refractivity contribution in [3.63, 3.8) is 0 Å². The molecule has 64 valence electrons. The van der Waals surface area contributed by atoms with Gasteiger partial charge in [0.2, 0.25) is 0 Å². The average Bonchev–Trinajstić information content (AvgIpc) is 2.46. The molecule has 2 heterocycles. The van der Waals surface area contributed by atoms with Crippen LogP contribution < -0.4 is 0 Å². The Morgan fingerprint density at radius 2 is 2.46 bits per heavy atom. The van der Waals surface area contributed by atoms with E-state index < -0.39 is 0 Å². The molecular formula is C11H10N2. The number of terminal acetylenes is 1. The summed E-state index contributed by atoms with van der Waals surface area (Å²) in [7, 11) is 1.98. The van der Waals surface area contributed by atoms with Crippen LogP contribution in [0.1, 0.15) is 5.56 Å². The third-order valence-corrected chi connectivity index (χ3v) is 2.11. The van der Waals surface area contributed by atoms with Crippen LogP contribution in [0.2, 0.25) is 0 Å². The van der Waals surface area contributed by atoms with Crippen molar-refractivity contribution in [2.75, 3.05) is 0 Å². The van der Waals surface area contributed by atoms with Crippen molar-refractivity contribution >= 4 is 11.0 Å². The Labute approximate surface area is 77.2 Å². The standard InChI is InChI=1S/C11H10N2/c1-3-5-9-8-13(2)11-10(9)6-4-7-12-11/h1,4,6-8H,5H2,2H3. The lowest BCUT2D eigenvalue weighted by atomic mass is 10.2. The Morgan fingerprint density at radius 3 is 3.23 bits per heavy atom. The van der Waals surface area contributed by atoms with Crippen molar-refractivity contribution in [1.82, 2.24) is 9.55 Å². The van der Waals surface area contributed by atoms with Gasteiger partial charge in [-0.2, -0.15) is 0 Å². The summed E-state index contributed by atoms with van der Waals surface area (Å²) in [5.41, 5.74) is 2.17. The zero-order valence-electron chi connectivity index (χ0n) is 7.49. The first-order chi connectivity index (χ1) is 6.33. The van der Waals surface area contributed by atoms with Gasteiger partial charge in [0.05, 0.1) is 0 Å². The highest BCUT2D eigenvalue weighted by molar-refractivity contribution is 5.80. The first-order valence-electron chi connectivity index (χ1n) is 4.15. The quantitative estimate of drug-likeness (QED) is 0.596. The molecule has 0 saturated heterocycles. The van der Waals surface area contributed by atoms with Crippen LogP contribution >= 0.6 is 0 Å². The molecule has 2 nitrogen and oxygen atoms in total. The van der Waals surface area contributed by atoms with E-state index in [0.717, 1.165) is 11.0 Å². The molecule has 0 atom stereocenters. The van der Waals surface area contributed by atoms with Gasteiger partial charge >= 0.3 is 0 Å². The van der Waals surface area contributed by atoms with E-state index >= 15 is 0 Å². The molecule has 0 aliphatic heterocycles. The van der Waals surface area contributed by atoms with Gasteiger partial charge in [0.1, 0.15) is 5.65 Å². The molecule has 0 saturated carbocycles. The minimum absolute atomic E-state index is 0.670. The summed E-state index contributed by atoms with van der Waals surface area (Å²) >= 11 is 0. The van der Waals surface area contributed by atoms with Crippen LogP contribution in [0.25, 0.3) is 11.0 Å². The van der Waals surface area contributed by atoms with Crippen LogP contribution in [0, 0.1) is 12.3 Å². The molecule has 0 radical (unpaired) electrons. The van der Waals surface area contributed by atoms with Crippen molar-refractivity contribution in [3.8, 4) is 12.3 Å². The van der Waals surface area contributed by atoms with Crippen LogP contribution in [-0.4, -0.2) is 9.55 Å². The molecule has 0 aromatic carbocycles. The maximum absolute atomic E-state index is 5.28. The van der Waals surface area contributed by atoms with Crippen LogP contribution in [0.3, 0.4) is 0 Å². The van der Waals surface area contributed by atoms with Gasteiger partial charge in [-0.05, 0) is 17.7 Å². The predicted octanol–water partition coefficient (Wildman–Crippen LogP) is 1.75. The topological polar surface area (TPSA) is 17.8 Å². The van der Waals surface area contributed by atoms with E-state index in [4.69, 9.17) is 6.42 Å². The van der Waals surface area contributed by atoms with Crippen molar-refractivity contribution < 1.29 is 0 Å². The lowest BCUT2D eigenvalue weighted by Gasteiger charge is -1.92. The summed E-state index contributed by atoms with van der Waals surface area (Å²) in [5, 5.41) is 1.16. The molecule has 2 heteroatoms. The Balaban J connectivity index is 2.72. The second-order valence-electron chi connectivity index (χ2n) is 3.02. The number of nitrogens with zero attached hydrogens (tertiary/aromatic N) is 2. The number of hydrogen-bond donors (Lipinski definition) is 0. The summed E-state index contributed by atoms with van der Waals surface area (Å²) in [4.78, 5) is 4.28. The van der Waals surface area contributed by atoms with Crippen LogP contribution in [-0.2, 0) is 13.5 Å². The SMILES string of the molecule is C#CCc1cn(C)c2ncccc12. The Bertz CT molecular complexity index is 474. The Hall–Kier alpha value is -1.75. The molecule has 2 aromatic heterocycles.